The summed E-state index contributed by atoms with van der Waals surface area (Å²) in [6.45, 7) is 6.13. The van der Waals surface area contributed by atoms with Gasteiger partial charge < -0.3 is 5.32 Å². The predicted octanol–water partition coefficient (Wildman–Crippen LogP) is 0.993. The van der Waals surface area contributed by atoms with Crippen LogP contribution >= 0.6 is 0 Å². The molecule has 3 aliphatic rings. The third kappa shape index (κ3) is 1.34. The molecule has 3 heterocycles. The molecule has 102 valence electrons. The van der Waals surface area contributed by atoms with Gasteiger partial charge in [0.2, 0.25) is 0 Å². The number of amides is 1. The van der Waals surface area contributed by atoms with E-state index >= 15 is 0 Å². The number of H-pyrrole nitrogens is 1. The Bertz CT molecular complexity index is 548. The number of nitrogens with zero attached hydrogens (tertiary/aromatic N) is 2. The van der Waals surface area contributed by atoms with E-state index in [4.69, 9.17) is 0 Å². The Kier molecular flexibility index (Phi) is 2.17. The maximum Gasteiger partial charge on any atom is 0.272 e. The van der Waals surface area contributed by atoms with Crippen LogP contribution < -0.4 is 5.32 Å². The van der Waals surface area contributed by atoms with Crippen LogP contribution in [-0.4, -0.2) is 45.7 Å². The molecule has 2 saturated heterocycles. The summed E-state index contributed by atoms with van der Waals surface area (Å²) in [6, 6.07) is 0.320. The average Bonchev–Trinajstić information content (AvgIpc) is 2.69. The van der Waals surface area contributed by atoms with E-state index in [-0.39, 0.29) is 5.91 Å². The molecule has 1 aliphatic carbocycles. The minimum atomic E-state index is -0.0172. The maximum absolute atomic E-state index is 12.3. The fourth-order valence-corrected chi connectivity index (χ4v) is 4.21. The van der Waals surface area contributed by atoms with Gasteiger partial charge in [0.25, 0.3) is 5.91 Å². The Hall–Kier alpha value is -1.36. The van der Waals surface area contributed by atoms with Crippen LogP contribution in [-0.2, 0) is 0 Å². The molecular weight excluding hydrogens is 240 g/mol. The molecule has 0 aromatic carbocycles. The molecule has 19 heavy (non-hydrogen) atoms. The molecule has 1 saturated carbocycles. The van der Waals surface area contributed by atoms with Crippen molar-refractivity contribution in [1.82, 2.24) is 20.4 Å². The van der Waals surface area contributed by atoms with E-state index in [0.717, 1.165) is 17.8 Å². The lowest BCUT2D eigenvalue weighted by atomic mass is 9.61. The van der Waals surface area contributed by atoms with Crippen LogP contribution in [0.2, 0.25) is 0 Å². The number of aromatic amines is 1. The summed E-state index contributed by atoms with van der Waals surface area (Å²) in [5.41, 5.74) is 2.96. The largest absolute Gasteiger partial charge is 0.346 e. The van der Waals surface area contributed by atoms with Crippen molar-refractivity contribution in [2.24, 2.45) is 5.92 Å². The molecule has 1 aromatic heterocycles. The van der Waals surface area contributed by atoms with Gasteiger partial charge in [-0.15, -0.1) is 0 Å². The Morgan fingerprint density at radius 3 is 2.79 bits per heavy atom. The first-order chi connectivity index (χ1) is 9.12. The molecule has 3 atom stereocenters. The summed E-state index contributed by atoms with van der Waals surface area (Å²) in [5.74, 6) is 0.655. The molecule has 1 aromatic rings. The second-order valence-corrected chi connectivity index (χ2v) is 6.35. The third-order valence-electron chi connectivity index (χ3n) is 5.71. The van der Waals surface area contributed by atoms with Gasteiger partial charge in [-0.1, -0.05) is 0 Å². The number of carbonyl (C=O) groups is 1. The van der Waals surface area contributed by atoms with Crippen molar-refractivity contribution < 1.29 is 4.79 Å². The van der Waals surface area contributed by atoms with E-state index in [0.29, 0.717) is 23.2 Å². The van der Waals surface area contributed by atoms with E-state index in [2.05, 4.69) is 20.4 Å². The minimum Gasteiger partial charge on any atom is -0.346 e. The molecule has 2 N–H and O–H groups in total. The summed E-state index contributed by atoms with van der Waals surface area (Å²) in [7, 11) is 0. The van der Waals surface area contributed by atoms with Crippen LogP contribution in [0, 0.1) is 19.8 Å². The van der Waals surface area contributed by atoms with Crippen LogP contribution in [0.4, 0.5) is 0 Å². The molecule has 2 aliphatic heterocycles. The standard InChI is InChI=1S/C14H20N4O/c1-8-9(2)16-17-12(8)13(19)15-11-7-18-6-5-14(18)4-3-10(11)14/h10-11H,3-7H2,1-2H3,(H,15,19)(H,16,17). The molecule has 5 nitrogen and oxygen atoms in total. The lowest BCUT2D eigenvalue weighted by Crippen LogP contribution is -2.64. The number of hydrogen-bond donors (Lipinski definition) is 2. The Labute approximate surface area is 112 Å². The lowest BCUT2D eigenvalue weighted by molar-refractivity contribution is -0.0676. The van der Waals surface area contributed by atoms with Gasteiger partial charge in [-0.25, -0.2) is 0 Å². The van der Waals surface area contributed by atoms with Crippen molar-refractivity contribution in [2.45, 2.75) is 44.7 Å². The molecule has 0 radical (unpaired) electrons. The first-order valence-electron chi connectivity index (χ1n) is 7.19. The van der Waals surface area contributed by atoms with Crippen LogP contribution in [0.1, 0.15) is 41.0 Å². The zero-order valence-corrected chi connectivity index (χ0v) is 11.5. The third-order valence-corrected chi connectivity index (χ3v) is 5.71. The fourth-order valence-electron chi connectivity index (χ4n) is 4.21. The molecule has 3 unspecified atom stereocenters. The second kappa shape index (κ2) is 3.60. The van der Waals surface area contributed by atoms with E-state index in [1.807, 2.05) is 13.8 Å². The highest BCUT2D eigenvalue weighted by atomic mass is 16.2. The normalized spacial score (nSPS) is 36.1. The number of nitrogens with one attached hydrogen (secondary N) is 2. The molecular formula is C14H20N4O. The number of carbonyl (C=O) groups excluding carboxylic acids is 1. The highest BCUT2D eigenvalue weighted by molar-refractivity contribution is 5.94. The van der Waals surface area contributed by atoms with Crippen molar-refractivity contribution in [3.05, 3.63) is 17.0 Å². The smallest absolute Gasteiger partial charge is 0.272 e. The van der Waals surface area contributed by atoms with Crippen LogP contribution in [0.5, 0.6) is 0 Å². The number of rotatable bonds is 2. The Balaban J connectivity index is 1.50. The predicted molar refractivity (Wildman–Crippen MR) is 71.0 cm³/mol. The first kappa shape index (κ1) is 11.5. The zero-order valence-electron chi connectivity index (χ0n) is 11.5. The fraction of sp³-hybridized carbons (Fsp3) is 0.714. The molecule has 3 fully saturated rings. The van der Waals surface area contributed by atoms with Gasteiger partial charge in [0.05, 0.1) is 0 Å². The summed E-state index contributed by atoms with van der Waals surface area (Å²) < 4.78 is 0. The summed E-state index contributed by atoms with van der Waals surface area (Å²) in [5, 5.41) is 10.2. The number of aromatic nitrogens is 2. The second-order valence-electron chi connectivity index (χ2n) is 6.35. The van der Waals surface area contributed by atoms with E-state index in [1.165, 1.54) is 25.8 Å². The SMILES string of the molecule is Cc1[nH]nc(C(=O)NC2CN3CCC34CCC24)c1C. The van der Waals surface area contributed by atoms with Gasteiger partial charge in [0, 0.05) is 35.9 Å². The number of hydrogen-bond acceptors (Lipinski definition) is 3. The van der Waals surface area contributed by atoms with E-state index < -0.39 is 0 Å². The molecule has 5 heteroatoms. The van der Waals surface area contributed by atoms with Crippen molar-refractivity contribution in [3.8, 4) is 0 Å². The summed E-state index contributed by atoms with van der Waals surface area (Å²) in [6.07, 6.45) is 3.91. The monoisotopic (exact) mass is 260 g/mol. The highest BCUT2D eigenvalue weighted by Gasteiger charge is 2.63. The quantitative estimate of drug-likeness (QED) is 0.833. The maximum atomic E-state index is 12.3. The van der Waals surface area contributed by atoms with E-state index in [9.17, 15) is 4.79 Å². The van der Waals surface area contributed by atoms with Crippen molar-refractivity contribution >= 4 is 5.91 Å². The Morgan fingerprint density at radius 2 is 2.32 bits per heavy atom. The minimum absolute atomic E-state index is 0.0172. The van der Waals surface area contributed by atoms with Crippen molar-refractivity contribution in [1.29, 1.82) is 0 Å². The van der Waals surface area contributed by atoms with Crippen LogP contribution in [0.15, 0.2) is 0 Å². The van der Waals surface area contributed by atoms with E-state index in [1.54, 1.807) is 0 Å². The van der Waals surface area contributed by atoms with Gasteiger partial charge in [-0.2, -0.15) is 5.10 Å². The average molecular weight is 260 g/mol. The summed E-state index contributed by atoms with van der Waals surface area (Å²) in [4.78, 5) is 14.9. The first-order valence-corrected chi connectivity index (χ1v) is 7.19. The number of aryl methyl sites for hydroxylation is 1. The lowest BCUT2D eigenvalue weighted by Gasteiger charge is -2.58. The topological polar surface area (TPSA) is 61.0 Å². The van der Waals surface area contributed by atoms with Gasteiger partial charge in [0.1, 0.15) is 0 Å². The van der Waals surface area contributed by atoms with Gasteiger partial charge in [-0.05, 0) is 39.0 Å². The van der Waals surface area contributed by atoms with Gasteiger partial charge in [-0.3, -0.25) is 14.8 Å². The van der Waals surface area contributed by atoms with Gasteiger partial charge >= 0.3 is 0 Å². The highest BCUT2D eigenvalue weighted by Crippen LogP contribution is 2.57. The Morgan fingerprint density at radius 1 is 1.47 bits per heavy atom. The summed E-state index contributed by atoms with van der Waals surface area (Å²) >= 11 is 0. The van der Waals surface area contributed by atoms with Crippen LogP contribution in [0.25, 0.3) is 0 Å². The van der Waals surface area contributed by atoms with Crippen LogP contribution in [0.3, 0.4) is 0 Å². The van der Waals surface area contributed by atoms with Crippen molar-refractivity contribution in [2.75, 3.05) is 13.1 Å². The molecule has 4 rings (SSSR count). The van der Waals surface area contributed by atoms with Crippen molar-refractivity contribution in [3.63, 3.8) is 0 Å². The van der Waals surface area contributed by atoms with Gasteiger partial charge in [0.15, 0.2) is 5.69 Å². The molecule has 1 spiro atoms. The molecule has 0 bridgehead atoms. The zero-order chi connectivity index (χ0) is 13.2. The molecule has 1 amide bonds.